The minimum atomic E-state index is 0.268. The largest absolute Gasteiger partial charge is 0.492 e. The molecule has 3 atom stereocenters. The number of rotatable bonds is 4. The van der Waals surface area contributed by atoms with Crippen LogP contribution in [0.25, 0.3) is 0 Å². The third-order valence-electron chi connectivity index (χ3n) is 3.80. The van der Waals surface area contributed by atoms with Crippen LogP contribution in [0.3, 0.4) is 0 Å². The minimum Gasteiger partial charge on any atom is -0.492 e. The van der Waals surface area contributed by atoms with E-state index in [4.69, 9.17) is 10.5 Å². The van der Waals surface area contributed by atoms with Gasteiger partial charge in [0.15, 0.2) is 0 Å². The number of hydrogen-bond donors (Lipinski definition) is 1. The first kappa shape index (κ1) is 13.3. The van der Waals surface area contributed by atoms with Crippen molar-refractivity contribution >= 4 is 0 Å². The Kier molecular flexibility index (Phi) is 4.59. The van der Waals surface area contributed by atoms with E-state index in [0.717, 1.165) is 31.1 Å². The molecule has 1 saturated carbocycles. The number of hydrogen-bond acceptors (Lipinski definition) is 3. The Morgan fingerprint density at radius 1 is 1.39 bits per heavy atom. The van der Waals surface area contributed by atoms with Gasteiger partial charge in [-0.1, -0.05) is 13.8 Å². The lowest BCUT2D eigenvalue weighted by atomic mass is 9.76. The van der Waals surface area contributed by atoms with Gasteiger partial charge in [-0.3, -0.25) is 4.98 Å². The molecule has 3 nitrogen and oxygen atoms in total. The predicted molar refractivity (Wildman–Crippen MR) is 73.8 cm³/mol. The number of aromatic nitrogens is 1. The highest BCUT2D eigenvalue weighted by Crippen LogP contribution is 2.35. The summed E-state index contributed by atoms with van der Waals surface area (Å²) >= 11 is 0. The topological polar surface area (TPSA) is 48.1 Å². The van der Waals surface area contributed by atoms with Crippen molar-refractivity contribution in [3.63, 3.8) is 0 Å². The lowest BCUT2D eigenvalue weighted by Crippen LogP contribution is -2.34. The summed E-state index contributed by atoms with van der Waals surface area (Å²) in [6.07, 6.45) is 8.28. The van der Waals surface area contributed by atoms with E-state index in [1.165, 1.54) is 18.4 Å². The molecule has 0 aliphatic heterocycles. The van der Waals surface area contributed by atoms with Crippen molar-refractivity contribution < 1.29 is 4.74 Å². The smallest absolute Gasteiger partial charge is 0.137 e. The van der Waals surface area contributed by atoms with Crippen molar-refractivity contribution in [1.82, 2.24) is 4.98 Å². The van der Waals surface area contributed by atoms with Gasteiger partial charge in [0, 0.05) is 18.2 Å². The van der Waals surface area contributed by atoms with E-state index in [1.807, 2.05) is 6.20 Å². The zero-order chi connectivity index (χ0) is 13.0. The van der Waals surface area contributed by atoms with E-state index < -0.39 is 0 Å². The molecule has 0 saturated heterocycles. The lowest BCUT2D eigenvalue weighted by molar-refractivity contribution is 0.300. The van der Waals surface area contributed by atoms with Crippen LogP contribution >= 0.6 is 0 Å². The fraction of sp³-hybridized carbons (Fsp3) is 0.667. The highest BCUT2D eigenvalue weighted by Gasteiger charge is 2.27. The minimum absolute atomic E-state index is 0.268. The van der Waals surface area contributed by atoms with Crippen molar-refractivity contribution in [2.45, 2.75) is 51.5 Å². The van der Waals surface area contributed by atoms with Gasteiger partial charge in [0.25, 0.3) is 0 Å². The summed E-state index contributed by atoms with van der Waals surface area (Å²) in [5.74, 6) is 2.07. The Morgan fingerprint density at radius 3 is 3.00 bits per heavy atom. The average molecular weight is 248 g/mol. The van der Waals surface area contributed by atoms with Crippen LogP contribution in [-0.4, -0.2) is 17.6 Å². The summed E-state index contributed by atoms with van der Waals surface area (Å²) in [6, 6.07) is 2.38. The second-order valence-corrected chi connectivity index (χ2v) is 5.49. The molecule has 3 unspecified atom stereocenters. The summed E-state index contributed by atoms with van der Waals surface area (Å²) in [4.78, 5) is 4.29. The number of pyridine rings is 1. The summed E-state index contributed by atoms with van der Waals surface area (Å²) in [5, 5.41) is 0. The summed E-state index contributed by atoms with van der Waals surface area (Å²) < 4.78 is 5.65. The van der Waals surface area contributed by atoms with Crippen molar-refractivity contribution in [2.75, 3.05) is 6.61 Å². The third-order valence-corrected chi connectivity index (χ3v) is 3.80. The Hall–Kier alpha value is -1.09. The molecule has 2 N–H and O–H groups in total. The van der Waals surface area contributed by atoms with Crippen LogP contribution in [0.2, 0.25) is 0 Å². The van der Waals surface area contributed by atoms with E-state index >= 15 is 0 Å². The van der Waals surface area contributed by atoms with Crippen molar-refractivity contribution in [3.05, 3.63) is 24.0 Å². The first-order chi connectivity index (χ1) is 8.70. The fourth-order valence-electron chi connectivity index (χ4n) is 2.72. The highest BCUT2D eigenvalue weighted by atomic mass is 16.5. The summed E-state index contributed by atoms with van der Waals surface area (Å²) in [6.45, 7) is 5.16. The van der Waals surface area contributed by atoms with Crippen LogP contribution in [-0.2, 0) is 0 Å². The molecule has 3 heteroatoms. The standard InChI is InChI=1S/C15H24N2O/c1-3-6-18-13-8-12(9-17-10-13)14-7-11(2)4-5-15(14)16/h8-11,14-15H,3-7,16H2,1-2H3. The van der Waals surface area contributed by atoms with Crippen LogP contribution in [0.15, 0.2) is 18.5 Å². The van der Waals surface area contributed by atoms with Crippen LogP contribution in [0.5, 0.6) is 5.75 Å². The maximum Gasteiger partial charge on any atom is 0.137 e. The van der Waals surface area contributed by atoms with Gasteiger partial charge >= 0.3 is 0 Å². The molecule has 18 heavy (non-hydrogen) atoms. The zero-order valence-electron chi connectivity index (χ0n) is 11.4. The maximum atomic E-state index is 6.25. The van der Waals surface area contributed by atoms with Crippen molar-refractivity contribution in [3.8, 4) is 5.75 Å². The third kappa shape index (κ3) is 3.22. The Labute approximate surface area is 110 Å². The molecule has 0 aromatic carbocycles. The van der Waals surface area contributed by atoms with Crippen LogP contribution in [0.4, 0.5) is 0 Å². The van der Waals surface area contributed by atoms with Gasteiger partial charge in [-0.25, -0.2) is 0 Å². The van der Waals surface area contributed by atoms with Gasteiger partial charge in [-0.2, -0.15) is 0 Å². The van der Waals surface area contributed by atoms with E-state index in [-0.39, 0.29) is 6.04 Å². The van der Waals surface area contributed by atoms with E-state index in [2.05, 4.69) is 24.9 Å². The van der Waals surface area contributed by atoms with E-state index in [0.29, 0.717) is 5.92 Å². The molecule has 0 bridgehead atoms. The second-order valence-electron chi connectivity index (χ2n) is 5.49. The summed E-state index contributed by atoms with van der Waals surface area (Å²) in [7, 11) is 0. The van der Waals surface area contributed by atoms with Crippen molar-refractivity contribution in [2.24, 2.45) is 11.7 Å². The molecule has 100 valence electrons. The fourth-order valence-corrected chi connectivity index (χ4v) is 2.72. The molecule has 0 radical (unpaired) electrons. The lowest BCUT2D eigenvalue weighted by Gasteiger charge is -2.32. The van der Waals surface area contributed by atoms with Gasteiger partial charge in [-0.15, -0.1) is 0 Å². The first-order valence-electron chi connectivity index (χ1n) is 7.04. The molecule has 1 aromatic heterocycles. The number of nitrogens with two attached hydrogens (primary N) is 1. The molecule has 0 spiro atoms. The highest BCUT2D eigenvalue weighted by molar-refractivity contribution is 5.28. The molecule has 1 aromatic rings. The van der Waals surface area contributed by atoms with Crippen molar-refractivity contribution in [1.29, 1.82) is 0 Å². The molecular weight excluding hydrogens is 224 g/mol. The van der Waals surface area contributed by atoms with Gasteiger partial charge in [0.05, 0.1) is 12.8 Å². The van der Waals surface area contributed by atoms with Crippen LogP contribution in [0, 0.1) is 5.92 Å². The second kappa shape index (κ2) is 6.19. The Balaban J connectivity index is 2.11. The molecule has 1 aliphatic rings. The van der Waals surface area contributed by atoms with Gasteiger partial charge in [0.1, 0.15) is 5.75 Å². The molecule has 2 rings (SSSR count). The first-order valence-corrected chi connectivity index (χ1v) is 7.04. The Morgan fingerprint density at radius 2 is 2.22 bits per heavy atom. The molecule has 1 fully saturated rings. The van der Waals surface area contributed by atoms with E-state index in [1.54, 1.807) is 6.20 Å². The average Bonchev–Trinajstić information content (AvgIpc) is 2.39. The van der Waals surface area contributed by atoms with Crippen LogP contribution in [0.1, 0.15) is 51.0 Å². The van der Waals surface area contributed by atoms with Gasteiger partial charge in [-0.05, 0) is 43.2 Å². The molecule has 1 aliphatic carbocycles. The maximum absolute atomic E-state index is 6.25. The monoisotopic (exact) mass is 248 g/mol. The predicted octanol–water partition coefficient (Wildman–Crippen LogP) is 3.10. The Bertz CT molecular complexity index is 381. The number of nitrogens with zero attached hydrogens (tertiary/aromatic N) is 1. The summed E-state index contributed by atoms with van der Waals surface area (Å²) in [5.41, 5.74) is 7.49. The van der Waals surface area contributed by atoms with Crippen LogP contribution < -0.4 is 10.5 Å². The van der Waals surface area contributed by atoms with Gasteiger partial charge in [0.2, 0.25) is 0 Å². The number of ether oxygens (including phenoxy) is 1. The molecular formula is C15H24N2O. The SMILES string of the molecule is CCCOc1cncc(C2CC(C)CCC2N)c1. The molecule has 1 heterocycles. The normalized spacial score (nSPS) is 28.1. The zero-order valence-corrected chi connectivity index (χ0v) is 11.4. The quantitative estimate of drug-likeness (QED) is 0.890. The molecule has 0 amide bonds. The van der Waals surface area contributed by atoms with E-state index in [9.17, 15) is 0 Å². The van der Waals surface area contributed by atoms with Gasteiger partial charge < -0.3 is 10.5 Å².